The van der Waals surface area contributed by atoms with E-state index in [0.29, 0.717) is 0 Å². The number of hydrogen-bond donors (Lipinski definition) is 2. The van der Waals surface area contributed by atoms with Crippen LogP contribution in [-0.4, -0.2) is 38.1 Å². The Morgan fingerprint density at radius 3 is 1.77 bits per heavy atom. The molecule has 0 unspecified atom stereocenters. The number of nitrogens with zero attached hydrogens (tertiary/aromatic N) is 3. The van der Waals surface area contributed by atoms with Gasteiger partial charge in [-0.2, -0.15) is 0 Å². The van der Waals surface area contributed by atoms with Crippen LogP contribution >= 0.6 is 0 Å². The molecule has 0 aliphatic carbocycles. The van der Waals surface area contributed by atoms with E-state index in [9.17, 15) is 0 Å². The van der Waals surface area contributed by atoms with Gasteiger partial charge in [0.05, 0.1) is 11.1 Å². The Balaban J connectivity index is 2.02. The maximum absolute atomic E-state index is 5.29. The molecule has 2 N–H and O–H groups in total. The Labute approximate surface area is 190 Å². The average Bonchev–Trinajstić information content (AvgIpc) is 2.62. The SMILES string of the molecule is Cc1ccccc1NC(=NN1C(C)(C)CCCC1(C)C)NN1C(C)(C)CCCC1(C)C. The molecule has 3 rings (SSSR count). The molecule has 174 valence electrons. The molecule has 1 aromatic rings. The number of hydrazine groups is 1. The highest BCUT2D eigenvalue weighted by molar-refractivity contribution is 5.94. The Kier molecular flexibility index (Phi) is 6.41. The molecular formula is C26H45N5. The first-order valence-electron chi connectivity index (χ1n) is 12.0. The molecule has 0 atom stereocenters. The summed E-state index contributed by atoms with van der Waals surface area (Å²) < 4.78 is 0. The van der Waals surface area contributed by atoms with Crippen LogP contribution in [0.3, 0.4) is 0 Å². The number of nitrogens with one attached hydrogen (secondary N) is 2. The van der Waals surface area contributed by atoms with Crippen LogP contribution in [0, 0.1) is 6.92 Å². The van der Waals surface area contributed by atoms with Gasteiger partial charge < -0.3 is 5.32 Å². The van der Waals surface area contributed by atoms with Gasteiger partial charge in [0, 0.05) is 16.8 Å². The van der Waals surface area contributed by atoms with E-state index < -0.39 is 0 Å². The minimum atomic E-state index is 0.00895. The van der Waals surface area contributed by atoms with E-state index in [1.54, 1.807) is 0 Å². The molecule has 0 spiro atoms. The van der Waals surface area contributed by atoms with Crippen LogP contribution < -0.4 is 10.7 Å². The molecule has 5 heteroatoms. The van der Waals surface area contributed by atoms with E-state index in [4.69, 9.17) is 5.10 Å². The molecule has 31 heavy (non-hydrogen) atoms. The molecular weight excluding hydrogens is 382 g/mol. The molecule has 0 amide bonds. The normalized spacial score (nSPS) is 25.2. The summed E-state index contributed by atoms with van der Waals surface area (Å²) in [5.41, 5.74) is 6.18. The maximum atomic E-state index is 5.29. The van der Waals surface area contributed by atoms with Gasteiger partial charge in [-0.05, 0) is 112 Å². The maximum Gasteiger partial charge on any atom is 0.233 e. The van der Waals surface area contributed by atoms with Crippen molar-refractivity contribution in [2.45, 2.75) is 123 Å². The summed E-state index contributed by atoms with van der Waals surface area (Å²) in [6, 6.07) is 8.43. The lowest BCUT2D eigenvalue weighted by atomic mass is 9.81. The summed E-state index contributed by atoms with van der Waals surface area (Å²) in [4.78, 5) is 0. The highest BCUT2D eigenvalue weighted by atomic mass is 15.6. The molecule has 0 radical (unpaired) electrons. The second-order valence-corrected chi connectivity index (χ2v) is 12.1. The minimum Gasteiger partial charge on any atom is -0.324 e. The molecule has 5 nitrogen and oxygen atoms in total. The fraction of sp³-hybridized carbons (Fsp3) is 0.731. The van der Waals surface area contributed by atoms with Gasteiger partial charge in [0.25, 0.3) is 0 Å². The predicted octanol–water partition coefficient (Wildman–Crippen LogP) is 6.27. The summed E-state index contributed by atoms with van der Waals surface area (Å²) in [6.07, 6.45) is 7.13. The number of para-hydroxylation sites is 1. The van der Waals surface area contributed by atoms with Crippen molar-refractivity contribution in [3.8, 4) is 0 Å². The lowest BCUT2D eigenvalue weighted by molar-refractivity contribution is -0.0546. The largest absolute Gasteiger partial charge is 0.324 e. The topological polar surface area (TPSA) is 42.9 Å². The minimum absolute atomic E-state index is 0.00895. The number of aryl methyl sites for hydroxylation is 1. The monoisotopic (exact) mass is 427 g/mol. The van der Waals surface area contributed by atoms with Crippen LogP contribution in [-0.2, 0) is 0 Å². The van der Waals surface area contributed by atoms with Crippen molar-refractivity contribution >= 4 is 11.6 Å². The Hall–Kier alpha value is -1.75. The summed E-state index contributed by atoms with van der Waals surface area (Å²) in [5.74, 6) is 0.806. The number of benzene rings is 1. The van der Waals surface area contributed by atoms with Crippen LogP contribution in [0.15, 0.2) is 29.4 Å². The van der Waals surface area contributed by atoms with Crippen molar-refractivity contribution in [1.29, 1.82) is 0 Å². The van der Waals surface area contributed by atoms with Gasteiger partial charge in [0.15, 0.2) is 0 Å². The molecule has 2 saturated heterocycles. The van der Waals surface area contributed by atoms with Crippen LogP contribution in [0.4, 0.5) is 5.69 Å². The van der Waals surface area contributed by atoms with Crippen molar-refractivity contribution in [2.24, 2.45) is 5.10 Å². The first kappa shape index (κ1) is 23.9. The molecule has 2 aliphatic heterocycles. The van der Waals surface area contributed by atoms with Gasteiger partial charge in [0.2, 0.25) is 5.96 Å². The van der Waals surface area contributed by atoms with Crippen LogP contribution in [0.1, 0.15) is 99.5 Å². The van der Waals surface area contributed by atoms with Gasteiger partial charge >= 0.3 is 0 Å². The number of rotatable bonds is 3. The lowest BCUT2D eigenvalue weighted by Gasteiger charge is -2.54. The van der Waals surface area contributed by atoms with Crippen LogP contribution in [0.2, 0.25) is 0 Å². The van der Waals surface area contributed by atoms with Crippen molar-refractivity contribution in [2.75, 3.05) is 5.32 Å². The third kappa shape index (κ3) is 5.19. The van der Waals surface area contributed by atoms with E-state index in [0.717, 1.165) is 24.5 Å². The van der Waals surface area contributed by atoms with Gasteiger partial charge in [-0.25, -0.2) is 5.01 Å². The molecule has 2 fully saturated rings. The van der Waals surface area contributed by atoms with E-state index in [2.05, 4.69) is 107 Å². The number of anilines is 1. The van der Waals surface area contributed by atoms with E-state index in [-0.39, 0.29) is 22.2 Å². The fourth-order valence-electron chi connectivity index (χ4n) is 5.68. The average molecular weight is 428 g/mol. The highest BCUT2D eigenvalue weighted by Crippen LogP contribution is 2.39. The molecule has 0 saturated carbocycles. The third-order valence-corrected chi connectivity index (χ3v) is 7.33. The smallest absolute Gasteiger partial charge is 0.233 e. The molecule has 2 aliphatic rings. The Morgan fingerprint density at radius 1 is 0.774 bits per heavy atom. The fourth-order valence-corrected chi connectivity index (χ4v) is 5.68. The number of piperidine rings is 2. The third-order valence-electron chi connectivity index (χ3n) is 7.33. The van der Waals surface area contributed by atoms with Gasteiger partial charge in [-0.1, -0.05) is 18.2 Å². The molecule has 1 aromatic carbocycles. The molecule has 0 bridgehead atoms. The second kappa shape index (κ2) is 8.31. The summed E-state index contributed by atoms with van der Waals surface area (Å²) >= 11 is 0. The number of hydrogen-bond acceptors (Lipinski definition) is 3. The van der Waals surface area contributed by atoms with E-state index in [1.165, 1.54) is 31.2 Å². The Bertz CT molecular complexity index is 774. The van der Waals surface area contributed by atoms with Crippen molar-refractivity contribution < 1.29 is 0 Å². The van der Waals surface area contributed by atoms with Crippen LogP contribution in [0.5, 0.6) is 0 Å². The van der Waals surface area contributed by atoms with Gasteiger partial charge in [0.1, 0.15) is 0 Å². The standard InChI is InChI=1S/C26H45N5/c1-20-14-10-11-15-21(20)27-22(28-30-23(2,3)16-12-17-24(30,4)5)29-31-25(6,7)18-13-19-26(31,8)9/h10-11,14-15H,12-13,16-19H2,1-9H3,(H2,27,28,29). The van der Waals surface area contributed by atoms with Crippen molar-refractivity contribution in [1.82, 2.24) is 15.4 Å². The number of hydrazone groups is 1. The highest BCUT2D eigenvalue weighted by Gasteiger charge is 2.44. The van der Waals surface area contributed by atoms with E-state index in [1.807, 2.05) is 0 Å². The zero-order valence-corrected chi connectivity index (χ0v) is 21.4. The van der Waals surface area contributed by atoms with Crippen molar-refractivity contribution in [3.63, 3.8) is 0 Å². The lowest BCUT2D eigenvalue weighted by Crippen LogP contribution is -2.66. The molecule has 2 heterocycles. The molecule has 0 aromatic heterocycles. The quantitative estimate of drug-likeness (QED) is 0.441. The summed E-state index contributed by atoms with van der Waals surface area (Å²) in [6.45, 7) is 20.7. The first-order chi connectivity index (χ1) is 14.2. The summed E-state index contributed by atoms with van der Waals surface area (Å²) in [5, 5.41) is 13.7. The van der Waals surface area contributed by atoms with E-state index >= 15 is 0 Å². The van der Waals surface area contributed by atoms with Gasteiger partial charge in [-0.15, -0.1) is 5.10 Å². The zero-order chi connectivity index (χ0) is 23.1. The Morgan fingerprint density at radius 2 is 1.26 bits per heavy atom. The summed E-state index contributed by atoms with van der Waals surface area (Å²) in [7, 11) is 0. The van der Waals surface area contributed by atoms with Gasteiger partial charge in [-0.3, -0.25) is 10.4 Å². The second-order valence-electron chi connectivity index (χ2n) is 12.1. The van der Waals surface area contributed by atoms with Crippen LogP contribution in [0.25, 0.3) is 0 Å². The first-order valence-corrected chi connectivity index (χ1v) is 12.0. The number of guanidine groups is 1. The zero-order valence-electron chi connectivity index (χ0n) is 21.4. The predicted molar refractivity (Wildman–Crippen MR) is 133 cm³/mol. The van der Waals surface area contributed by atoms with Crippen molar-refractivity contribution in [3.05, 3.63) is 29.8 Å².